The Labute approximate surface area is 88.3 Å². The normalized spacial score (nSPS) is 12.7. The van der Waals surface area contributed by atoms with Crippen molar-refractivity contribution in [2.24, 2.45) is 11.8 Å². The van der Waals surface area contributed by atoms with Crippen LogP contribution in [0.25, 0.3) is 0 Å². The molecule has 0 amide bonds. The molecule has 0 heterocycles. The van der Waals surface area contributed by atoms with Gasteiger partial charge in [0.2, 0.25) is 10.0 Å². The zero-order chi connectivity index (χ0) is 11.2. The maximum absolute atomic E-state index is 11.4. The number of sulfonamides is 1. The van der Waals surface area contributed by atoms with E-state index in [1.165, 1.54) is 0 Å². The van der Waals surface area contributed by atoms with E-state index >= 15 is 0 Å². The second-order valence-corrected chi connectivity index (χ2v) is 6.52. The Balaban J connectivity index is 3.73. The van der Waals surface area contributed by atoms with Crippen molar-refractivity contribution in [1.29, 1.82) is 0 Å². The van der Waals surface area contributed by atoms with Crippen LogP contribution in [0.15, 0.2) is 0 Å². The second kappa shape index (κ2) is 6.40. The Hall–Kier alpha value is -0.0900. The lowest BCUT2D eigenvalue weighted by molar-refractivity contribution is 0.542. The van der Waals surface area contributed by atoms with Gasteiger partial charge in [0, 0.05) is 6.54 Å². The summed E-state index contributed by atoms with van der Waals surface area (Å²) in [6.07, 6.45) is 1.73. The van der Waals surface area contributed by atoms with Crippen LogP contribution in [0, 0.1) is 11.8 Å². The van der Waals surface area contributed by atoms with Gasteiger partial charge in [-0.3, -0.25) is 0 Å². The molecule has 0 atom stereocenters. The van der Waals surface area contributed by atoms with Crippen molar-refractivity contribution in [2.75, 3.05) is 12.3 Å². The molecule has 1 N–H and O–H groups in total. The van der Waals surface area contributed by atoms with E-state index in [0.29, 0.717) is 18.4 Å². The van der Waals surface area contributed by atoms with Crippen LogP contribution in [0.5, 0.6) is 0 Å². The number of hydrogen-bond acceptors (Lipinski definition) is 2. The fourth-order valence-electron chi connectivity index (χ4n) is 1.05. The van der Waals surface area contributed by atoms with E-state index in [0.717, 1.165) is 12.8 Å². The Kier molecular flexibility index (Phi) is 6.36. The molecule has 0 aliphatic carbocycles. The number of rotatable bonds is 7. The molecule has 0 radical (unpaired) electrons. The minimum atomic E-state index is -3.02. The lowest BCUT2D eigenvalue weighted by Crippen LogP contribution is -2.29. The summed E-state index contributed by atoms with van der Waals surface area (Å²) >= 11 is 0. The zero-order valence-electron chi connectivity index (χ0n) is 9.71. The molecule has 0 aromatic rings. The third-order valence-corrected chi connectivity index (χ3v) is 3.34. The summed E-state index contributed by atoms with van der Waals surface area (Å²) in [5, 5.41) is 0. The van der Waals surface area contributed by atoms with Crippen molar-refractivity contribution in [3.63, 3.8) is 0 Å². The van der Waals surface area contributed by atoms with Crippen molar-refractivity contribution in [3.8, 4) is 0 Å². The monoisotopic (exact) mass is 221 g/mol. The highest BCUT2D eigenvalue weighted by Crippen LogP contribution is 2.04. The molecule has 0 bridgehead atoms. The molecule has 0 unspecified atom stereocenters. The zero-order valence-corrected chi connectivity index (χ0v) is 10.5. The van der Waals surface area contributed by atoms with Crippen LogP contribution in [0.2, 0.25) is 0 Å². The minimum Gasteiger partial charge on any atom is -0.215 e. The lowest BCUT2D eigenvalue weighted by atomic mass is 10.1. The summed E-state index contributed by atoms with van der Waals surface area (Å²) < 4.78 is 25.4. The fourth-order valence-corrected chi connectivity index (χ4v) is 2.33. The smallest absolute Gasteiger partial charge is 0.211 e. The highest BCUT2D eigenvalue weighted by Gasteiger charge is 2.10. The predicted molar refractivity (Wildman–Crippen MR) is 60.7 cm³/mol. The molecule has 0 saturated heterocycles. The summed E-state index contributed by atoms with van der Waals surface area (Å²) in [5.41, 5.74) is 0. The van der Waals surface area contributed by atoms with Crippen LogP contribution in [0.4, 0.5) is 0 Å². The van der Waals surface area contributed by atoms with Crippen LogP contribution in [-0.2, 0) is 10.0 Å². The first-order valence-electron chi connectivity index (χ1n) is 5.31. The molecule has 0 aliphatic heterocycles. The van der Waals surface area contributed by atoms with E-state index in [9.17, 15) is 8.42 Å². The Bertz CT molecular complexity index is 233. The highest BCUT2D eigenvalue weighted by molar-refractivity contribution is 7.89. The first-order chi connectivity index (χ1) is 6.33. The largest absolute Gasteiger partial charge is 0.215 e. The third-order valence-electron chi connectivity index (χ3n) is 1.91. The van der Waals surface area contributed by atoms with E-state index in [1.54, 1.807) is 0 Å². The van der Waals surface area contributed by atoms with Gasteiger partial charge in [0.05, 0.1) is 5.75 Å². The summed E-state index contributed by atoms with van der Waals surface area (Å²) in [5.74, 6) is 1.21. The average Bonchev–Trinajstić information content (AvgIpc) is 2.00. The standard InChI is InChI=1S/C10H23NO2S/c1-9(2)6-5-7-14(12,13)11-8-10(3)4/h9-11H,5-8H2,1-4H3. The molecule has 14 heavy (non-hydrogen) atoms. The maximum atomic E-state index is 11.4. The Morgan fingerprint density at radius 3 is 2.07 bits per heavy atom. The molecule has 0 fully saturated rings. The fraction of sp³-hybridized carbons (Fsp3) is 1.00. The van der Waals surface area contributed by atoms with Crippen molar-refractivity contribution in [2.45, 2.75) is 40.5 Å². The summed E-state index contributed by atoms with van der Waals surface area (Å²) in [4.78, 5) is 0. The van der Waals surface area contributed by atoms with Gasteiger partial charge < -0.3 is 0 Å². The van der Waals surface area contributed by atoms with Gasteiger partial charge in [0.15, 0.2) is 0 Å². The first-order valence-corrected chi connectivity index (χ1v) is 6.96. The van der Waals surface area contributed by atoms with Gasteiger partial charge in [-0.15, -0.1) is 0 Å². The molecule has 0 rings (SSSR count). The summed E-state index contributed by atoms with van der Waals surface area (Å²) in [6.45, 7) is 8.75. The summed E-state index contributed by atoms with van der Waals surface area (Å²) in [7, 11) is -3.02. The highest BCUT2D eigenvalue weighted by atomic mass is 32.2. The SMILES string of the molecule is CC(C)CCCS(=O)(=O)NCC(C)C. The van der Waals surface area contributed by atoms with Crippen molar-refractivity contribution in [1.82, 2.24) is 4.72 Å². The van der Waals surface area contributed by atoms with E-state index in [4.69, 9.17) is 0 Å². The Morgan fingerprint density at radius 1 is 1.07 bits per heavy atom. The van der Waals surface area contributed by atoms with Crippen LogP contribution in [-0.4, -0.2) is 20.7 Å². The van der Waals surface area contributed by atoms with E-state index < -0.39 is 10.0 Å². The predicted octanol–water partition coefficient (Wildman–Crippen LogP) is 2.00. The molecule has 86 valence electrons. The molecule has 0 aliphatic rings. The van der Waals surface area contributed by atoms with Gasteiger partial charge in [0.1, 0.15) is 0 Å². The van der Waals surface area contributed by atoms with Gasteiger partial charge in [-0.05, 0) is 24.7 Å². The molecule has 0 saturated carbocycles. The topological polar surface area (TPSA) is 46.2 Å². The second-order valence-electron chi connectivity index (χ2n) is 4.60. The van der Waals surface area contributed by atoms with E-state index in [2.05, 4.69) is 18.6 Å². The molecule has 4 heteroatoms. The maximum Gasteiger partial charge on any atom is 0.211 e. The van der Waals surface area contributed by atoms with E-state index in [-0.39, 0.29) is 5.75 Å². The van der Waals surface area contributed by atoms with Gasteiger partial charge in [-0.1, -0.05) is 27.7 Å². The molecule has 0 spiro atoms. The molecule has 0 aromatic heterocycles. The number of hydrogen-bond donors (Lipinski definition) is 1. The first kappa shape index (κ1) is 13.9. The van der Waals surface area contributed by atoms with Gasteiger partial charge in [-0.2, -0.15) is 0 Å². The molecule has 3 nitrogen and oxygen atoms in total. The van der Waals surface area contributed by atoms with Crippen LogP contribution >= 0.6 is 0 Å². The van der Waals surface area contributed by atoms with Crippen LogP contribution in [0.1, 0.15) is 40.5 Å². The third kappa shape index (κ3) is 8.51. The van der Waals surface area contributed by atoms with Gasteiger partial charge in [-0.25, -0.2) is 13.1 Å². The molecular formula is C10H23NO2S. The van der Waals surface area contributed by atoms with Crippen molar-refractivity contribution < 1.29 is 8.42 Å². The van der Waals surface area contributed by atoms with Crippen molar-refractivity contribution in [3.05, 3.63) is 0 Å². The summed E-state index contributed by atoms with van der Waals surface area (Å²) in [6, 6.07) is 0. The van der Waals surface area contributed by atoms with Crippen LogP contribution < -0.4 is 4.72 Å². The van der Waals surface area contributed by atoms with Crippen LogP contribution in [0.3, 0.4) is 0 Å². The lowest BCUT2D eigenvalue weighted by Gasteiger charge is -2.09. The van der Waals surface area contributed by atoms with Crippen molar-refractivity contribution >= 4 is 10.0 Å². The van der Waals surface area contributed by atoms with E-state index in [1.807, 2.05) is 13.8 Å². The molecular weight excluding hydrogens is 198 g/mol. The minimum absolute atomic E-state index is 0.262. The quantitative estimate of drug-likeness (QED) is 0.714. The molecule has 0 aromatic carbocycles. The van der Waals surface area contributed by atoms with Gasteiger partial charge >= 0.3 is 0 Å². The Morgan fingerprint density at radius 2 is 1.64 bits per heavy atom. The van der Waals surface area contributed by atoms with Gasteiger partial charge in [0.25, 0.3) is 0 Å². The average molecular weight is 221 g/mol. The number of nitrogens with one attached hydrogen (secondary N) is 1.